The molecule has 2 aromatic heterocycles. The minimum Gasteiger partial charge on any atom is -0.497 e. The summed E-state index contributed by atoms with van der Waals surface area (Å²) in [5, 5.41) is 1.63. The Balaban J connectivity index is 1.02. The summed E-state index contributed by atoms with van der Waals surface area (Å²) in [5.41, 5.74) is 0.991. The Hall–Kier alpha value is -6.82. The number of aromatic nitrogens is 2. The first-order valence-electron chi connectivity index (χ1n) is 16.7. The number of hydrogen-bond acceptors (Lipinski definition) is 9. The summed E-state index contributed by atoms with van der Waals surface area (Å²) >= 11 is 0. The fraction of sp³-hybridized carbons (Fsp3) is 0.150. The predicted molar refractivity (Wildman–Crippen MR) is 200 cm³/mol. The number of hydrogen-bond donors (Lipinski definition) is 0. The molecule has 1 saturated heterocycles. The van der Waals surface area contributed by atoms with Crippen molar-refractivity contribution in [3.63, 3.8) is 0 Å². The summed E-state index contributed by atoms with van der Waals surface area (Å²) in [6.45, 7) is 3.12. The van der Waals surface area contributed by atoms with Crippen molar-refractivity contribution in [2.45, 2.75) is 0 Å². The molecule has 7 aromatic rings. The van der Waals surface area contributed by atoms with Gasteiger partial charge < -0.3 is 14.5 Å². The zero-order valence-corrected chi connectivity index (χ0v) is 28.1. The number of piperazine rings is 1. The quantitative estimate of drug-likeness (QED) is 0.248. The van der Waals surface area contributed by atoms with Crippen LogP contribution < -0.4 is 41.7 Å². The topological polar surface area (TPSA) is 131 Å². The van der Waals surface area contributed by atoms with Gasteiger partial charge in [-0.05, 0) is 78.9 Å². The number of amides is 2. The van der Waals surface area contributed by atoms with Gasteiger partial charge in [-0.3, -0.25) is 33.3 Å². The molecule has 0 unspecified atom stereocenters. The van der Waals surface area contributed by atoms with Crippen LogP contribution in [-0.4, -0.2) is 54.2 Å². The maximum Gasteiger partial charge on any atom is 0.266 e. The van der Waals surface area contributed by atoms with Crippen LogP contribution >= 0.6 is 0 Å². The van der Waals surface area contributed by atoms with Crippen LogP contribution in [0, 0.1) is 0 Å². The highest BCUT2D eigenvalue weighted by atomic mass is 16.5. The number of carbonyl (C=O) groups is 2. The Morgan fingerprint density at radius 3 is 1.63 bits per heavy atom. The van der Waals surface area contributed by atoms with E-state index in [2.05, 4.69) is 21.9 Å². The fourth-order valence-electron chi connectivity index (χ4n) is 7.67. The highest BCUT2D eigenvalue weighted by Crippen LogP contribution is 2.38. The third-order valence-electron chi connectivity index (χ3n) is 10.4. The van der Waals surface area contributed by atoms with Crippen LogP contribution in [0.4, 0.5) is 17.1 Å². The van der Waals surface area contributed by atoms with E-state index >= 15 is 0 Å². The van der Waals surface area contributed by atoms with Crippen molar-refractivity contribution >= 4 is 61.2 Å². The van der Waals surface area contributed by atoms with Crippen molar-refractivity contribution in [3.8, 4) is 11.4 Å². The number of rotatable bonds is 5. The van der Waals surface area contributed by atoms with Gasteiger partial charge in [0.25, 0.3) is 34.1 Å². The average Bonchev–Trinajstić information content (AvgIpc) is 3.55. The van der Waals surface area contributed by atoms with Gasteiger partial charge in [0.05, 0.1) is 40.0 Å². The Kier molecular flexibility index (Phi) is 6.81. The van der Waals surface area contributed by atoms with Crippen molar-refractivity contribution in [3.05, 3.63) is 144 Å². The number of methoxy groups -OCH3 is 1. The fourth-order valence-corrected chi connectivity index (χ4v) is 7.67. The minimum absolute atomic E-state index is 0.0221. The first-order valence-corrected chi connectivity index (χ1v) is 16.7. The molecule has 0 atom stereocenters. The van der Waals surface area contributed by atoms with Crippen LogP contribution in [0.1, 0.15) is 20.7 Å². The maximum absolute atomic E-state index is 14.0. The van der Waals surface area contributed by atoms with Gasteiger partial charge in [0, 0.05) is 66.5 Å². The van der Waals surface area contributed by atoms with Crippen LogP contribution in [0.5, 0.6) is 5.75 Å². The SMILES string of the molecule is COc1ccc(N2CCN(c3ccc4c5c(cccc35)C(=O)N(c3ccc(-n5c(=O)c6cc7c(=O)n(C)c(=O)c7cc6c5=O)cc3)C4=O)CC2)cc1. The lowest BCUT2D eigenvalue weighted by Gasteiger charge is -2.38. The van der Waals surface area contributed by atoms with Crippen molar-refractivity contribution in [1.29, 1.82) is 0 Å². The molecule has 4 heterocycles. The van der Waals surface area contributed by atoms with Gasteiger partial charge in [-0.1, -0.05) is 12.1 Å². The van der Waals surface area contributed by atoms with Crippen molar-refractivity contribution in [2.75, 3.05) is 48.0 Å². The van der Waals surface area contributed by atoms with Gasteiger partial charge in [-0.25, -0.2) is 9.47 Å². The van der Waals surface area contributed by atoms with E-state index in [9.17, 15) is 28.8 Å². The number of ether oxygens (including phenoxy) is 1. The number of nitrogens with zero attached hydrogens (tertiary/aromatic N) is 5. The lowest BCUT2D eigenvalue weighted by atomic mass is 9.92. The molecule has 5 aromatic carbocycles. The number of imide groups is 1. The summed E-state index contributed by atoms with van der Waals surface area (Å²) in [4.78, 5) is 85.6. The van der Waals surface area contributed by atoms with Crippen molar-refractivity contribution < 1.29 is 14.3 Å². The van der Waals surface area contributed by atoms with E-state index in [0.717, 1.165) is 62.7 Å². The van der Waals surface area contributed by atoms with E-state index in [1.807, 2.05) is 30.3 Å². The highest BCUT2D eigenvalue weighted by molar-refractivity contribution is 6.36. The van der Waals surface area contributed by atoms with Crippen LogP contribution in [0.25, 0.3) is 38.0 Å². The molecular formula is C40H29N5O7. The molecule has 0 radical (unpaired) electrons. The normalized spacial score (nSPS) is 14.7. The first-order chi connectivity index (χ1) is 25.2. The number of anilines is 3. The molecule has 0 N–H and O–H groups in total. The lowest BCUT2D eigenvalue weighted by molar-refractivity contribution is 0.0893. The Labute approximate surface area is 294 Å². The van der Waals surface area contributed by atoms with Crippen LogP contribution in [0.2, 0.25) is 0 Å². The van der Waals surface area contributed by atoms with E-state index in [1.54, 1.807) is 19.2 Å². The monoisotopic (exact) mass is 691 g/mol. The summed E-state index contributed by atoms with van der Waals surface area (Å²) in [6, 6.07) is 25.8. The first kappa shape index (κ1) is 31.2. The van der Waals surface area contributed by atoms with Gasteiger partial charge in [-0.15, -0.1) is 0 Å². The summed E-state index contributed by atoms with van der Waals surface area (Å²) in [5.74, 6) is -0.150. The third-order valence-corrected chi connectivity index (χ3v) is 10.4. The van der Waals surface area contributed by atoms with Gasteiger partial charge in [-0.2, -0.15) is 0 Å². The molecule has 52 heavy (non-hydrogen) atoms. The van der Waals surface area contributed by atoms with E-state index < -0.39 is 34.1 Å². The number of benzene rings is 5. The lowest BCUT2D eigenvalue weighted by Crippen LogP contribution is -2.46. The van der Waals surface area contributed by atoms with Gasteiger partial charge >= 0.3 is 0 Å². The molecule has 9 rings (SSSR count). The van der Waals surface area contributed by atoms with Crippen LogP contribution in [-0.2, 0) is 7.05 Å². The Morgan fingerprint density at radius 1 is 0.519 bits per heavy atom. The van der Waals surface area contributed by atoms with Gasteiger partial charge in [0.1, 0.15) is 5.75 Å². The van der Waals surface area contributed by atoms with E-state index in [0.29, 0.717) is 16.5 Å². The standard InChI is InChI=1S/C40H29N5O7/c1-41-35(46)29-20-31-32(21-30(29)36(41)47)40(51)45(39(31)50)24-8-6-23(7-9-24)44-37(48)27-5-3-4-26-33(15-14-28(34(26)27)38(44)49)43-18-16-42(17-19-43)22-10-12-25(52-2)13-11-22/h3-15,20-21H,16-19H2,1-2H3. The molecular weight excluding hydrogens is 662 g/mol. The highest BCUT2D eigenvalue weighted by Gasteiger charge is 2.35. The van der Waals surface area contributed by atoms with Crippen molar-refractivity contribution in [1.82, 2.24) is 9.13 Å². The molecule has 12 nitrogen and oxygen atoms in total. The minimum atomic E-state index is -0.644. The van der Waals surface area contributed by atoms with Crippen molar-refractivity contribution in [2.24, 2.45) is 7.05 Å². The second kappa shape index (κ2) is 11.4. The third kappa shape index (κ3) is 4.40. The smallest absolute Gasteiger partial charge is 0.266 e. The Morgan fingerprint density at radius 2 is 1.04 bits per heavy atom. The molecule has 0 aliphatic carbocycles. The van der Waals surface area contributed by atoms with Gasteiger partial charge in [0.15, 0.2) is 0 Å². The number of carbonyl (C=O) groups excluding carboxylic acids is 2. The zero-order chi connectivity index (χ0) is 36.0. The summed E-state index contributed by atoms with van der Waals surface area (Å²) < 4.78 is 7.19. The molecule has 0 spiro atoms. The van der Waals surface area contributed by atoms with Crippen LogP contribution in [0.15, 0.2) is 110 Å². The molecule has 2 aliphatic heterocycles. The molecule has 2 aliphatic rings. The van der Waals surface area contributed by atoms with E-state index in [-0.39, 0.29) is 32.9 Å². The predicted octanol–water partition coefficient (Wildman–Crippen LogP) is 3.73. The Bertz CT molecular complexity index is 2770. The van der Waals surface area contributed by atoms with Crippen LogP contribution in [0.3, 0.4) is 0 Å². The molecule has 2 amide bonds. The second-order valence-corrected chi connectivity index (χ2v) is 13.1. The summed E-state index contributed by atoms with van der Waals surface area (Å²) in [6.07, 6.45) is 0. The largest absolute Gasteiger partial charge is 0.497 e. The summed E-state index contributed by atoms with van der Waals surface area (Å²) in [7, 11) is 2.99. The number of fused-ring (bicyclic) bond motifs is 2. The molecule has 0 saturated carbocycles. The maximum atomic E-state index is 14.0. The average molecular weight is 692 g/mol. The van der Waals surface area contributed by atoms with E-state index in [1.165, 1.54) is 43.4 Å². The molecule has 256 valence electrons. The molecule has 1 fully saturated rings. The zero-order valence-electron chi connectivity index (χ0n) is 28.1. The van der Waals surface area contributed by atoms with Gasteiger partial charge in [0.2, 0.25) is 0 Å². The molecule has 12 heteroatoms. The van der Waals surface area contributed by atoms with E-state index in [4.69, 9.17) is 4.74 Å². The molecule has 0 bridgehead atoms. The second-order valence-electron chi connectivity index (χ2n) is 13.1.